The topological polar surface area (TPSA) is 58.6 Å². The van der Waals surface area contributed by atoms with Crippen molar-refractivity contribution >= 4 is 40.8 Å². The maximum atomic E-state index is 12.6. The lowest BCUT2D eigenvalue weighted by Gasteiger charge is -2.31. The van der Waals surface area contributed by atoms with E-state index in [1.54, 1.807) is 18.2 Å². The van der Waals surface area contributed by atoms with Gasteiger partial charge in [0.15, 0.2) is 0 Å². The van der Waals surface area contributed by atoms with Gasteiger partial charge in [0.05, 0.1) is 17.7 Å². The fourth-order valence-corrected chi connectivity index (χ4v) is 3.72. The van der Waals surface area contributed by atoms with Crippen LogP contribution in [0.25, 0.3) is 0 Å². The van der Waals surface area contributed by atoms with E-state index in [-0.39, 0.29) is 22.4 Å². The number of carbonyl (C=O) groups is 2. The molecular weight excluding hydrogens is 399 g/mol. The molecule has 1 amide bonds. The number of carbonyl (C=O) groups excluding carboxylic acids is 2. The molecule has 1 N–H and O–H groups in total. The molecule has 1 aliphatic heterocycles. The molecule has 0 aromatic heterocycles. The van der Waals surface area contributed by atoms with Gasteiger partial charge in [-0.2, -0.15) is 0 Å². The largest absolute Gasteiger partial charge is 0.465 e. The number of amides is 1. The Morgan fingerprint density at radius 1 is 1.11 bits per heavy atom. The number of halogens is 2. The second kappa shape index (κ2) is 9.41. The maximum Gasteiger partial charge on any atom is 0.339 e. The number of likely N-dealkylation sites (tertiary alicyclic amines) is 1. The van der Waals surface area contributed by atoms with Gasteiger partial charge in [-0.1, -0.05) is 41.4 Å². The molecule has 0 unspecified atom stereocenters. The number of benzene rings is 2. The first kappa shape index (κ1) is 20.6. The molecule has 28 heavy (non-hydrogen) atoms. The highest BCUT2D eigenvalue weighted by molar-refractivity contribution is 6.33. The molecule has 0 radical (unpaired) electrons. The highest BCUT2D eigenvalue weighted by Gasteiger charge is 2.25. The Bertz CT molecular complexity index is 864. The quantitative estimate of drug-likeness (QED) is 0.716. The van der Waals surface area contributed by atoms with Crippen LogP contribution in [0.2, 0.25) is 10.0 Å². The molecule has 148 valence electrons. The van der Waals surface area contributed by atoms with Crippen molar-refractivity contribution in [1.82, 2.24) is 4.90 Å². The van der Waals surface area contributed by atoms with E-state index >= 15 is 0 Å². The van der Waals surface area contributed by atoms with E-state index in [9.17, 15) is 9.59 Å². The Balaban J connectivity index is 1.56. The van der Waals surface area contributed by atoms with Crippen LogP contribution < -0.4 is 5.32 Å². The minimum atomic E-state index is -0.533. The molecule has 2 aromatic carbocycles. The van der Waals surface area contributed by atoms with E-state index in [0.29, 0.717) is 5.69 Å². The second-order valence-corrected chi connectivity index (χ2v) is 7.63. The summed E-state index contributed by atoms with van der Waals surface area (Å²) >= 11 is 12.3. The van der Waals surface area contributed by atoms with E-state index in [4.69, 9.17) is 27.9 Å². The number of rotatable bonds is 5. The van der Waals surface area contributed by atoms with Gasteiger partial charge in [-0.25, -0.2) is 4.79 Å². The number of methoxy groups -OCH3 is 1. The van der Waals surface area contributed by atoms with Gasteiger partial charge in [0.1, 0.15) is 0 Å². The van der Waals surface area contributed by atoms with Gasteiger partial charge in [-0.05, 0) is 55.8 Å². The average molecular weight is 421 g/mol. The number of hydrogen-bond acceptors (Lipinski definition) is 4. The van der Waals surface area contributed by atoms with Crippen molar-refractivity contribution < 1.29 is 14.3 Å². The molecule has 7 heteroatoms. The summed E-state index contributed by atoms with van der Waals surface area (Å²) in [5, 5.41) is 3.95. The number of hydrogen-bond donors (Lipinski definition) is 1. The Morgan fingerprint density at radius 2 is 1.82 bits per heavy atom. The minimum absolute atomic E-state index is 0.0458. The van der Waals surface area contributed by atoms with Gasteiger partial charge >= 0.3 is 5.97 Å². The van der Waals surface area contributed by atoms with Gasteiger partial charge < -0.3 is 10.1 Å². The molecule has 0 atom stereocenters. The highest BCUT2D eigenvalue weighted by atomic mass is 35.5. The van der Waals surface area contributed by atoms with Crippen LogP contribution in [0.5, 0.6) is 0 Å². The fourth-order valence-electron chi connectivity index (χ4n) is 3.33. The smallest absolute Gasteiger partial charge is 0.339 e. The maximum absolute atomic E-state index is 12.6. The number of nitrogens with one attached hydrogen (secondary N) is 1. The third kappa shape index (κ3) is 5.04. The average Bonchev–Trinajstić information content (AvgIpc) is 2.71. The van der Waals surface area contributed by atoms with Crippen LogP contribution in [0.15, 0.2) is 42.5 Å². The lowest BCUT2D eigenvalue weighted by molar-refractivity contribution is -0.121. The molecule has 1 aliphatic rings. The number of piperidine rings is 1. The molecular formula is C21H22Cl2N2O3. The lowest BCUT2D eigenvalue weighted by Crippen LogP contribution is -2.37. The first-order valence-corrected chi connectivity index (χ1v) is 9.88. The molecule has 5 nitrogen and oxygen atoms in total. The Labute approximate surface area is 174 Å². The van der Waals surface area contributed by atoms with Crippen LogP contribution in [0.4, 0.5) is 5.69 Å². The van der Waals surface area contributed by atoms with Crippen LogP contribution in [0, 0.1) is 5.92 Å². The van der Waals surface area contributed by atoms with Crippen molar-refractivity contribution in [2.75, 3.05) is 25.5 Å². The third-order valence-electron chi connectivity index (χ3n) is 4.95. The van der Waals surface area contributed by atoms with Gasteiger partial charge in [0, 0.05) is 23.2 Å². The molecule has 2 aromatic rings. The standard InChI is InChI=1S/C21H22Cl2N2O3/c1-28-21(27)17-12-16(6-7-19(17)23)24-20(26)14-8-10-25(11-9-14)13-15-4-2-3-5-18(15)22/h2-7,12,14H,8-11,13H2,1H3,(H,24,26). The van der Waals surface area contributed by atoms with E-state index in [0.717, 1.165) is 43.1 Å². The Kier molecular flexibility index (Phi) is 6.94. The second-order valence-electron chi connectivity index (χ2n) is 6.82. The van der Waals surface area contributed by atoms with Crippen LogP contribution in [-0.4, -0.2) is 37.0 Å². The number of esters is 1. The zero-order valence-electron chi connectivity index (χ0n) is 15.6. The van der Waals surface area contributed by atoms with Crippen LogP contribution in [0.1, 0.15) is 28.8 Å². The molecule has 3 rings (SSSR count). The normalized spacial score (nSPS) is 15.2. The molecule has 1 fully saturated rings. The summed E-state index contributed by atoms with van der Waals surface area (Å²) in [7, 11) is 1.29. The molecule has 0 bridgehead atoms. The summed E-state index contributed by atoms with van der Waals surface area (Å²) in [5.74, 6) is -0.649. The monoisotopic (exact) mass is 420 g/mol. The van der Waals surface area contributed by atoms with Crippen molar-refractivity contribution in [3.63, 3.8) is 0 Å². The van der Waals surface area contributed by atoms with Crippen molar-refractivity contribution in [3.8, 4) is 0 Å². The summed E-state index contributed by atoms with van der Waals surface area (Å²) in [6.45, 7) is 2.45. The van der Waals surface area contributed by atoms with E-state index in [2.05, 4.69) is 10.2 Å². The number of anilines is 1. The number of ether oxygens (including phenoxy) is 1. The highest BCUT2D eigenvalue weighted by Crippen LogP contribution is 2.25. The first-order valence-electron chi connectivity index (χ1n) is 9.12. The Morgan fingerprint density at radius 3 is 2.50 bits per heavy atom. The lowest BCUT2D eigenvalue weighted by atomic mass is 9.95. The van der Waals surface area contributed by atoms with Crippen molar-refractivity contribution in [2.24, 2.45) is 5.92 Å². The molecule has 1 saturated heterocycles. The van der Waals surface area contributed by atoms with Gasteiger partial charge in [-0.3, -0.25) is 9.69 Å². The van der Waals surface area contributed by atoms with Crippen LogP contribution >= 0.6 is 23.2 Å². The summed E-state index contributed by atoms with van der Waals surface area (Å²) in [4.78, 5) is 26.7. The Hall–Kier alpha value is -2.08. The fraction of sp³-hybridized carbons (Fsp3) is 0.333. The van der Waals surface area contributed by atoms with Gasteiger partial charge in [0.25, 0.3) is 0 Å². The molecule has 0 aliphatic carbocycles. The van der Waals surface area contributed by atoms with Gasteiger partial charge in [-0.15, -0.1) is 0 Å². The summed E-state index contributed by atoms with van der Waals surface area (Å²) in [5.41, 5.74) is 1.87. The van der Waals surface area contributed by atoms with E-state index in [1.807, 2.05) is 24.3 Å². The first-order chi connectivity index (χ1) is 13.5. The van der Waals surface area contributed by atoms with Crippen LogP contribution in [-0.2, 0) is 16.1 Å². The predicted octanol–water partition coefficient (Wildman–Crippen LogP) is 4.63. The summed E-state index contributed by atoms with van der Waals surface area (Å²) < 4.78 is 4.71. The minimum Gasteiger partial charge on any atom is -0.465 e. The van der Waals surface area contributed by atoms with E-state index in [1.165, 1.54) is 7.11 Å². The third-order valence-corrected chi connectivity index (χ3v) is 5.65. The number of nitrogens with zero attached hydrogens (tertiary/aromatic N) is 1. The van der Waals surface area contributed by atoms with Crippen molar-refractivity contribution in [1.29, 1.82) is 0 Å². The molecule has 0 saturated carbocycles. The zero-order valence-corrected chi connectivity index (χ0v) is 17.1. The zero-order chi connectivity index (χ0) is 20.1. The van der Waals surface area contributed by atoms with Crippen LogP contribution in [0.3, 0.4) is 0 Å². The van der Waals surface area contributed by atoms with E-state index < -0.39 is 5.97 Å². The van der Waals surface area contributed by atoms with Gasteiger partial charge in [0.2, 0.25) is 5.91 Å². The van der Waals surface area contributed by atoms with Crippen molar-refractivity contribution in [3.05, 3.63) is 63.6 Å². The molecule has 1 heterocycles. The van der Waals surface area contributed by atoms with Crippen molar-refractivity contribution in [2.45, 2.75) is 19.4 Å². The predicted molar refractivity (Wildman–Crippen MR) is 111 cm³/mol. The molecule has 0 spiro atoms. The SMILES string of the molecule is COC(=O)c1cc(NC(=O)C2CCN(Cc3ccccc3Cl)CC2)ccc1Cl. The summed E-state index contributed by atoms with van der Waals surface area (Å²) in [6.07, 6.45) is 1.54. The summed E-state index contributed by atoms with van der Waals surface area (Å²) in [6, 6.07) is 12.6.